The summed E-state index contributed by atoms with van der Waals surface area (Å²) in [5.74, 6) is -0.247. The molecule has 0 fully saturated rings. The number of nitrogens with one attached hydrogen (secondary N) is 1. The van der Waals surface area contributed by atoms with Crippen molar-refractivity contribution in [3.05, 3.63) is 36.2 Å². The van der Waals surface area contributed by atoms with Crippen molar-refractivity contribution in [2.75, 3.05) is 11.1 Å². The monoisotopic (exact) mass is 323 g/mol. The lowest BCUT2D eigenvalue weighted by atomic mass is 10.2. The van der Waals surface area contributed by atoms with Crippen LogP contribution in [0.5, 0.6) is 0 Å². The molecule has 0 unspecified atom stereocenters. The molecule has 0 aliphatic heterocycles. The van der Waals surface area contributed by atoms with Crippen LogP contribution in [-0.2, 0) is 14.6 Å². The van der Waals surface area contributed by atoms with E-state index in [2.05, 4.69) is 15.5 Å². The van der Waals surface area contributed by atoms with E-state index < -0.39 is 15.7 Å². The van der Waals surface area contributed by atoms with Gasteiger partial charge in [-0.25, -0.2) is 8.42 Å². The van der Waals surface area contributed by atoms with Crippen LogP contribution in [0.25, 0.3) is 0 Å². The van der Waals surface area contributed by atoms with Gasteiger partial charge in [0, 0.05) is 12.3 Å². The number of sulfone groups is 1. The predicted octanol–water partition coefficient (Wildman–Crippen LogP) is 2.00. The fourth-order valence-corrected chi connectivity index (χ4v) is 2.94. The third-order valence-electron chi connectivity index (χ3n) is 2.89. The molecule has 1 heterocycles. The molecule has 0 aliphatic carbocycles. The summed E-state index contributed by atoms with van der Waals surface area (Å²) in [6.45, 7) is 3.76. The zero-order valence-electron chi connectivity index (χ0n) is 12.3. The molecule has 0 radical (unpaired) electrons. The molecule has 0 spiro atoms. The van der Waals surface area contributed by atoms with Crippen molar-refractivity contribution in [1.82, 2.24) is 10.1 Å². The van der Waals surface area contributed by atoms with Crippen molar-refractivity contribution in [2.45, 2.75) is 31.1 Å². The van der Waals surface area contributed by atoms with Gasteiger partial charge in [-0.2, -0.15) is 4.98 Å². The summed E-state index contributed by atoms with van der Waals surface area (Å²) in [6.07, 6.45) is -0.178. The minimum absolute atomic E-state index is 0.0470. The number of nitrogens with zero attached hydrogens (tertiary/aromatic N) is 2. The molecule has 0 saturated heterocycles. The molecule has 0 saturated carbocycles. The first kappa shape index (κ1) is 16.2. The maximum Gasteiger partial charge on any atom is 0.270 e. The van der Waals surface area contributed by atoms with Crippen molar-refractivity contribution in [3.8, 4) is 0 Å². The summed E-state index contributed by atoms with van der Waals surface area (Å²) in [5.41, 5.74) is 0. The zero-order chi connectivity index (χ0) is 16.2. The van der Waals surface area contributed by atoms with Gasteiger partial charge in [0.15, 0.2) is 9.84 Å². The highest BCUT2D eigenvalue weighted by atomic mass is 32.2. The van der Waals surface area contributed by atoms with Crippen molar-refractivity contribution < 1.29 is 17.7 Å². The fraction of sp³-hybridized carbons (Fsp3) is 0.357. The Balaban J connectivity index is 1.92. The van der Waals surface area contributed by atoms with E-state index in [0.717, 1.165) is 0 Å². The molecule has 7 nitrogen and oxygen atoms in total. The van der Waals surface area contributed by atoms with Crippen LogP contribution in [0.2, 0.25) is 0 Å². The number of rotatable bonds is 6. The quantitative estimate of drug-likeness (QED) is 0.872. The summed E-state index contributed by atoms with van der Waals surface area (Å²) in [6, 6.07) is 8.01. The van der Waals surface area contributed by atoms with Crippen LogP contribution < -0.4 is 5.32 Å². The van der Waals surface area contributed by atoms with E-state index >= 15 is 0 Å². The van der Waals surface area contributed by atoms with Gasteiger partial charge in [0.05, 0.1) is 10.6 Å². The minimum Gasteiger partial charge on any atom is -0.337 e. The van der Waals surface area contributed by atoms with Crippen molar-refractivity contribution in [3.63, 3.8) is 0 Å². The van der Waals surface area contributed by atoms with E-state index in [9.17, 15) is 13.2 Å². The largest absolute Gasteiger partial charge is 0.337 e. The first-order chi connectivity index (χ1) is 10.4. The van der Waals surface area contributed by atoms with Gasteiger partial charge in [-0.05, 0) is 17.3 Å². The molecule has 118 valence electrons. The van der Waals surface area contributed by atoms with Crippen LogP contribution >= 0.6 is 0 Å². The van der Waals surface area contributed by atoms with Crippen LogP contribution in [0.3, 0.4) is 0 Å². The third-order valence-corrected chi connectivity index (χ3v) is 4.62. The Morgan fingerprint density at radius 1 is 1.27 bits per heavy atom. The molecule has 1 aromatic heterocycles. The molecule has 8 heteroatoms. The van der Waals surface area contributed by atoms with E-state index in [1.165, 1.54) is 12.1 Å². The van der Waals surface area contributed by atoms with Gasteiger partial charge in [0.25, 0.3) is 5.95 Å². The normalized spacial score (nSPS) is 11.6. The smallest absolute Gasteiger partial charge is 0.270 e. The highest BCUT2D eigenvalue weighted by molar-refractivity contribution is 7.91. The zero-order valence-corrected chi connectivity index (χ0v) is 13.1. The molecule has 0 atom stereocenters. The van der Waals surface area contributed by atoms with Crippen molar-refractivity contribution in [1.29, 1.82) is 0 Å². The number of anilines is 1. The van der Waals surface area contributed by atoms with Crippen LogP contribution in [-0.4, -0.2) is 30.2 Å². The summed E-state index contributed by atoms with van der Waals surface area (Å²) in [7, 11) is -3.48. The van der Waals surface area contributed by atoms with Crippen LogP contribution in [0.1, 0.15) is 32.1 Å². The van der Waals surface area contributed by atoms with E-state index in [4.69, 9.17) is 4.52 Å². The number of hydrogen-bond acceptors (Lipinski definition) is 6. The van der Waals surface area contributed by atoms with Crippen LogP contribution in [0.15, 0.2) is 39.8 Å². The van der Waals surface area contributed by atoms with Crippen LogP contribution in [0, 0.1) is 0 Å². The number of hydrogen-bond donors (Lipinski definition) is 1. The van der Waals surface area contributed by atoms with Gasteiger partial charge >= 0.3 is 0 Å². The molecule has 1 N–H and O–H groups in total. The highest BCUT2D eigenvalue weighted by Crippen LogP contribution is 2.14. The Hall–Kier alpha value is -2.22. The van der Waals surface area contributed by atoms with E-state index in [-0.39, 0.29) is 28.9 Å². The molecule has 2 aromatic rings. The molecule has 1 amide bonds. The maximum absolute atomic E-state index is 12.1. The van der Waals surface area contributed by atoms with Gasteiger partial charge in [-0.15, -0.1) is 0 Å². The van der Waals surface area contributed by atoms with Crippen LogP contribution in [0.4, 0.5) is 5.95 Å². The Labute approximate surface area is 128 Å². The van der Waals surface area contributed by atoms with Gasteiger partial charge in [0.1, 0.15) is 0 Å². The van der Waals surface area contributed by atoms with Crippen molar-refractivity contribution in [2.24, 2.45) is 0 Å². The SMILES string of the molecule is CC(C)c1nc(NC(=O)CCS(=O)(=O)c2ccccc2)no1. The highest BCUT2D eigenvalue weighted by Gasteiger charge is 2.17. The lowest BCUT2D eigenvalue weighted by Gasteiger charge is -2.03. The molecule has 1 aromatic carbocycles. The second kappa shape index (κ2) is 6.69. The molecule has 2 rings (SSSR count). The average Bonchev–Trinajstić information content (AvgIpc) is 2.95. The topological polar surface area (TPSA) is 102 Å². The van der Waals surface area contributed by atoms with Gasteiger partial charge < -0.3 is 4.52 Å². The van der Waals surface area contributed by atoms with E-state index in [0.29, 0.717) is 5.89 Å². The minimum atomic E-state index is -3.48. The van der Waals surface area contributed by atoms with Gasteiger partial charge in [0.2, 0.25) is 11.8 Å². The van der Waals surface area contributed by atoms with Gasteiger partial charge in [-0.1, -0.05) is 32.0 Å². The first-order valence-corrected chi connectivity index (χ1v) is 8.45. The molecule has 0 bridgehead atoms. The summed E-state index contributed by atoms with van der Waals surface area (Å²) < 4.78 is 29.1. The van der Waals surface area contributed by atoms with E-state index in [1.807, 2.05) is 13.8 Å². The molecule has 0 aliphatic rings. The fourth-order valence-electron chi connectivity index (χ4n) is 1.68. The number of carbonyl (C=O) groups is 1. The third kappa shape index (κ3) is 4.14. The number of aromatic nitrogens is 2. The number of amides is 1. The number of benzene rings is 1. The second-order valence-corrected chi connectivity index (χ2v) is 7.15. The summed E-state index contributed by atoms with van der Waals surface area (Å²) in [5, 5.41) is 6.03. The predicted molar refractivity (Wildman–Crippen MR) is 80.1 cm³/mol. The average molecular weight is 323 g/mol. The molecular weight excluding hydrogens is 306 g/mol. The lowest BCUT2D eigenvalue weighted by molar-refractivity contribution is -0.115. The van der Waals surface area contributed by atoms with Crippen molar-refractivity contribution >= 4 is 21.7 Å². The Morgan fingerprint density at radius 3 is 2.55 bits per heavy atom. The van der Waals surface area contributed by atoms with Gasteiger partial charge in [-0.3, -0.25) is 10.1 Å². The lowest BCUT2D eigenvalue weighted by Crippen LogP contribution is -2.18. The Bertz CT molecular complexity index is 738. The molecular formula is C14H17N3O4S. The number of carbonyl (C=O) groups excluding carboxylic acids is 1. The second-order valence-electron chi connectivity index (χ2n) is 5.04. The molecule has 22 heavy (non-hydrogen) atoms. The maximum atomic E-state index is 12.1. The summed E-state index contributed by atoms with van der Waals surface area (Å²) >= 11 is 0. The Kier molecular flexibility index (Phi) is 4.92. The summed E-state index contributed by atoms with van der Waals surface area (Å²) in [4.78, 5) is 16.0. The van der Waals surface area contributed by atoms with E-state index in [1.54, 1.807) is 18.2 Å². The Morgan fingerprint density at radius 2 is 1.95 bits per heavy atom. The standard InChI is InChI=1S/C14H17N3O4S/c1-10(2)13-16-14(17-21-13)15-12(18)8-9-22(19,20)11-6-4-3-5-7-11/h3-7,10H,8-9H2,1-2H3,(H,15,17,18). The first-order valence-electron chi connectivity index (χ1n) is 6.80.